The van der Waals surface area contributed by atoms with Crippen molar-refractivity contribution >= 4 is 0 Å². The van der Waals surface area contributed by atoms with E-state index in [0.29, 0.717) is 5.41 Å². The van der Waals surface area contributed by atoms with Crippen molar-refractivity contribution in [2.24, 2.45) is 11.3 Å². The minimum Gasteiger partial charge on any atom is -0.0877 e. The summed E-state index contributed by atoms with van der Waals surface area (Å²) in [5.41, 5.74) is 0.694. The van der Waals surface area contributed by atoms with Crippen molar-refractivity contribution < 1.29 is 0 Å². The highest BCUT2D eigenvalue weighted by Crippen LogP contribution is 2.50. The molecule has 0 heterocycles. The second-order valence-corrected chi connectivity index (χ2v) is 3.79. The van der Waals surface area contributed by atoms with E-state index in [0.717, 1.165) is 5.92 Å². The zero-order chi connectivity index (χ0) is 6.32. The molecular weight excluding hydrogens is 108 g/mol. The molecule has 0 aromatic heterocycles. The van der Waals surface area contributed by atoms with Crippen LogP contribution >= 0.6 is 0 Å². The molecule has 0 N–H and O–H groups in total. The summed E-state index contributed by atoms with van der Waals surface area (Å²) in [5.74, 6) is 0.942. The lowest BCUT2D eigenvalue weighted by Gasteiger charge is -2.22. The third-order valence-electron chi connectivity index (χ3n) is 3.11. The third-order valence-corrected chi connectivity index (χ3v) is 3.11. The normalized spacial score (nSPS) is 47.9. The van der Waals surface area contributed by atoms with Crippen LogP contribution in [0.3, 0.4) is 0 Å². The van der Waals surface area contributed by atoms with Crippen molar-refractivity contribution in [2.45, 2.75) is 32.6 Å². The molecule has 0 aliphatic heterocycles. The number of hydrogen-bond acceptors (Lipinski definition) is 0. The summed E-state index contributed by atoms with van der Waals surface area (Å²) in [6, 6.07) is 0. The Labute approximate surface area is 57.0 Å². The maximum Gasteiger partial charge on any atom is -0.0177 e. The van der Waals surface area contributed by atoms with Gasteiger partial charge in [0.05, 0.1) is 0 Å². The predicted molar refractivity (Wildman–Crippen MR) is 39.2 cm³/mol. The van der Waals surface area contributed by atoms with Crippen molar-refractivity contribution in [3.63, 3.8) is 0 Å². The molecule has 2 aliphatic rings. The van der Waals surface area contributed by atoms with Gasteiger partial charge in [0.15, 0.2) is 0 Å². The summed E-state index contributed by atoms with van der Waals surface area (Å²) in [5, 5.41) is 0. The molecule has 0 aromatic carbocycles. The number of fused-ring (bicyclic) bond motifs is 1. The highest BCUT2D eigenvalue weighted by molar-refractivity contribution is 5.09. The van der Waals surface area contributed by atoms with Crippen molar-refractivity contribution in [2.75, 3.05) is 0 Å². The Morgan fingerprint density at radius 3 is 3.22 bits per heavy atom. The summed E-state index contributed by atoms with van der Waals surface area (Å²) < 4.78 is 0. The zero-order valence-electron chi connectivity index (χ0n) is 6.06. The van der Waals surface area contributed by atoms with Gasteiger partial charge in [-0.05, 0) is 30.6 Å². The summed E-state index contributed by atoms with van der Waals surface area (Å²) in [6.07, 6.45) is 10.5. The summed E-state index contributed by atoms with van der Waals surface area (Å²) in [4.78, 5) is 0. The van der Waals surface area contributed by atoms with Crippen LogP contribution in [0.25, 0.3) is 0 Å². The maximum absolute atomic E-state index is 2.44. The third kappa shape index (κ3) is 0.654. The Kier molecular flexibility index (Phi) is 0.992. The van der Waals surface area contributed by atoms with Crippen LogP contribution < -0.4 is 0 Å². The number of allylic oxidation sites excluding steroid dienone is 2. The minimum atomic E-state index is 0.694. The van der Waals surface area contributed by atoms with Crippen LogP contribution in [-0.2, 0) is 0 Å². The zero-order valence-corrected chi connectivity index (χ0v) is 6.06. The van der Waals surface area contributed by atoms with E-state index in [2.05, 4.69) is 19.1 Å². The molecule has 0 heteroatoms. The molecule has 0 amide bonds. The molecular formula is C9H14. The van der Waals surface area contributed by atoms with Crippen molar-refractivity contribution in [1.29, 1.82) is 0 Å². The monoisotopic (exact) mass is 122 g/mol. The Balaban J connectivity index is 2.24. The van der Waals surface area contributed by atoms with Gasteiger partial charge in [-0.15, -0.1) is 0 Å². The first-order valence-corrected chi connectivity index (χ1v) is 3.98. The molecule has 2 atom stereocenters. The van der Waals surface area contributed by atoms with Gasteiger partial charge in [0.1, 0.15) is 0 Å². The maximum atomic E-state index is 2.44. The Morgan fingerprint density at radius 1 is 1.56 bits per heavy atom. The topological polar surface area (TPSA) is 0 Å². The summed E-state index contributed by atoms with van der Waals surface area (Å²) in [7, 11) is 0. The first-order chi connectivity index (χ1) is 4.31. The van der Waals surface area contributed by atoms with E-state index in [1.165, 1.54) is 25.7 Å². The van der Waals surface area contributed by atoms with Gasteiger partial charge < -0.3 is 0 Å². The standard InChI is InChI=1S/C9H14/c1-9-6-2-4-8(9)5-3-7-9/h2,4,8H,3,5-7H2,1H3. The molecule has 0 spiro atoms. The van der Waals surface area contributed by atoms with Crippen molar-refractivity contribution in [3.05, 3.63) is 12.2 Å². The van der Waals surface area contributed by atoms with E-state index >= 15 is 0 Å². The van der Waals surface area contributed by atoms with Gasteiger partial charge in [-0.1, -0.05) is 25.5 Å². The van der Waals surface area contributed by atoms with Gasteiger partial charge in [-0.2, -0.15) is 0 Å². The highest BCUT2D eigenvalue weighted by Gasteiger charge is 2.38. The van der Waals surface area contributed by atoms with Crippen LogP contribution in [0.5, 0.6) is 0 Å². The first kappa shape index (κ1) is 5.52. The van der Waals surface area contributed by atoms with Gasteiger partial charge in [0.2, 0.25) is 0 Å². The lowest BCUT2D eigenvalue weighted by molar-refractivity contribution is 0.298. The minimum absolute atomic E-state index is 0.694. The molecule has 1 saturated carbocycles. The van der Waals surface area contributed by atoms with Crippen LogP contribution in [0, 0.1) is 11.3 Å². The second-order valence-electron chi connectivity index (χ2n) is 3.79. The molecule has 2 aliphatic carbocycles. The van der Waals surface area contributed by atoms with Crippen molar-refractivity contribution in [1.82, 2.24) is 0 Å². The Bertz CT molecular complexity index is 146. The van der Waals surface area contributed by atoms with E-state index in [9.17, 15) is 0 Å². The molecule has 0 aromatic rings. The Morgan fingerprint density at radius 2 is 2.44 bits per heavy atom. The Hall–Kier alpha value is -0.260. The van der Waals surface area contributed by atoms with E-state index in [1.54, 1.807) is 0 Å². The lowest BCUT2D eigenvalue weighted by Crippen LogP contribution is -2.14. The lowest BCUT2D eigenvalue weighted by atomic mass is 9.82. The van der Waals surface area contributed by atoms with Gasteiger partial charge in [0, 0.05) is 0 Å². The van der Waals surface area contributed by atoms with Crippen LogP contribution in [0.4, 0.5) is 0 Å². The number of rotatable bonds is 0. The molecule has 1 fully saturated rings. The van der Waals surface area contributed by atoms with Gasteiger partial charge in [0.25, 0.3) is 0 Å². The second kappa shape index (κ2) is 1.62. The van der Waals surface area contributed by atoms with Crippen LogP contribution in [-0.4, -0.2) is 0 Å². The largest absolute Gasteiger partial charge is 0.0877 e. The molecule has 0 nitrogen and oxygen atoms in total. The van der Waals surface area contributed by atoms with Gasteiger partial charge in [-0.3, -0.25) is 0 Å². The fraction of sp³-hybridized carbons (Fsp3) is 0.778. The average molecular weight is 122 g/mol. The molecule has 2 unspecified atom stereocenters. The van der Waals surface area contributed by atoms with Crippen molar-refractivity contribution in [3.8, 4) is 0 Å². The fourth-order valence-corrected chi connectivity index (χ4v) is 2.34. The molecule has 0 bridgehead atoms. The van der Waals surface area contributed by atoms with Gasteiger partial charge >= 0.3 is 0 Å². The van der Waals surface area contributed by atoms with E-state index in [-0.39, 0.29) is 0 Å². The molecule has 0 radical (unpaired) electrons. The molecule has 50 valence electrons. The molecule has 0 saturated heterocycles. The quantitative estimate of drug-likeness (QED) is 0.433. The van der Waals surface area contributed by atoms with Crippen LogP contribution in [0.1, 0.15) is 32.6 Å². The van der Waals surface area contributed by atoms with E-state index in [1.807, 2.05) is 0 Å². The number of hydrogen-bond donors (Lipinski definition) is 0. The average Bonchev–Trinajstić information content (AvgIpc) is 2.22. The van der Waals surface area contributed by atoms with E-state index < -0.39 is 0 Å². The summed E-state index contributed by atoms with van der Waals surface area (Å²) >= 11 is 0. The van der Waals surface area contributed by atoms with Gasteiger partial charge in [-0.25, -0.2) is 0 Å². The molecule has 2 rings (SSSR count). The first-order valence-electron chi connectivity index (χ1n) is 3.98. The fourth-order valence-electron chi connectivity index (χ4n) is 2.34. The highest BCUT2D eigenvalue weighted by atomic mass is 14.4. The van der Waals surface area contributed by atoms with E-state index in [4.69, 9.17) is 0 Å². The SMILES string of the molecule is CC12CC=CC1CCC2. The smallest absolute Gasteiger partial charge is 0.0177 e. The predicted octanol–water partition coefficient (Wildman–Crippen LogP) is 2.75. The summed E-state index contributed by atoms with van der Waals surface area (Å²) in [6.45, 7) is 2.44. The van der Waals surface area contributed by atoms with Crippen LogP contribution in [0.15, 0.2) is 12.2 Å². The van der Waals surface area contributed by atoms with Crippen LogP contribution in [0.2, 0.25) is 0 Å². The molecule has 9 heavy (non-hydrogen) atoms.